The molecule has 2 saturated heterocycles. The minimum atomic E-state index is -0.230. The van der Waals surface area contributed by atoms with Crippen LogP contribution in [0.1, 0.15) is 16.8 Å². The molecule has 1 atom stereocenters. The van der Waals surface area contributed by atoms with Gasteiger partial charge in [-0.25, -0.2) is 0 Å². The number of nitrogens with zero attached hydrogens (tertiary/aromatic N) is 5. The molecule has 26 heavy (non-hydrogen) atoms. The van der Waals surface area contributed by atoms with Crippen molar-refractivity contribution in [3.8, 4) is 0 Å². The first-order valence-electron chi connectivity index (χ1n) is 8.70. The van der Waals surface area contributed by atoms with Crippen LogP contribution in [0.15, 0.2) is 49.1 Å². The van der Waals surface area contributed by atoms with Gasteiger partial charge in [0.1, 0.15) is 0 Å². The monoisotopic (exact) mass is 351 g/mol. The normalized spacial score (nSPS) is 23.7. The van der Waals surface area contributed by atoms with E-state index in [1.54, 1.807) is 41.8 Å². The Kier molecular flexibility index (Phi) is 4.16. The number of piperazine rings is 1. The quantitative estimate of drug-likeness (QED) is 0.809. The van der Waals surface area contributed by atoms with E-state index in [0.29, 0.717) is 31.7 Å². The first-order valence-corrected chi connectivity index (χ1v) is 8.70. The molecule has 2 aliphatic rings. The summed E-state index contributed by atoms with van der Waals surface area (Å²) < 4.78 is 0. The van der Waals surface area contributed by atoms with Gasteiger partial charge < -0.3 is 9.80 Å². The third kappa shape index (κ3) is 2.84. The third-order valence-corrected chi connectivity index (χ3v) is 5.44. The number of likely N-dealkylation sites (N-methyl/N-ethyl adjacent to an activating group) is 1. The number of carbonyl (C=O) groups is 2. The molecule has 2 fully saturated rings. The van der Waals surface area contributed by atoms with Gasteiger partial charge in [0.25, 0.3) is 5.91 Å². The molecule has 2 aromatic rings. The highest BCUT2D eigenvalue weighted by Gasteiger charge is 2.48. The highest BCUT2D eigenvalue weighted by Crippen LogP contribution is 2.33. The smallest absolute Gasteiger partial charge is 0.254 e. The molecule has 0 N–H and O–H groups in total. The van der Waals surface area contributed by atoms with Gasteiger partial charge in [0.15, 0.2) is 0 Å². The maximum atomic E-state index is 12.8. The minimum Gasteiger partial charge on any atom is -0.337 e. The van der Waals surface area contributed by atoms with Gasteiger partial charge in [0, 0.05) is 43.8 Å². The summed E-state index contributed by atoms with van der Waals surface area (Å²) in [5.41, 5.74) is 1.23. The average Bonchev–Trinajstić information content (AvgIpc) is 3.11. The van der Waals surface area contributed by atoms with Crippen LogP contribution in [0.25, 0.3) is 0 Å². The molecule has 1 spiro atoms. The van der Waals surface area contributed by atoms with Gasteiger partial charge in [0.2, 0.25) is 5.91 Å². The van der Waals surface area contributed by atoms with Crippen LogP contribution in [0.5, 0.6) is 0 Å². The van der Waals surface area contributed by atoms with Crippen LogP contribution in [0.2, 0.25) is 0 Å². The second-order valence-electron chi connectivity index (χ2n) is 6.98. The van der Waals surface area contributed by atoms with Gasteiger partial charge in [-0.15, -0.1) is 0 Å². The molecule has 4 heterocycles. The predicted octanol–water partition coefficient (Wildman–Crippen LogP) is 1.04. The van der Waals surface area contributed by atoms with Crippen molar-refractivity contribution in [1.29, 1.82) is 0 Å². The summed E-state index contributed by atoms with van der Waals surface area (Å²) >= 11 is 0. The zero-order valence-electron chi connectivity index (χ0n) is 14.7. The predicted molar refractivity (Wildman–Crippen MR) is 96.7 cm³/mol. The van der Waals surface area contributed by atoms with Gasteiger partial charge in [-0.05, 0) is 37.7 Å². The molecular formula is C19H21N5O2. The standard InChI is InChI=1S/C19H21N5O2/c1-22-12-17(25)24(16-3-2-7-21-11-16)14-19(22)6-10-23(13-19)18(26)15-4-8-20-9-5-15/h2-5,7-9,11H,6,10,12-14H2,1H3. The Morgan fingerprint density at radius 2 is 1.92 bits per heavy atom. The molecule has 0 aromatic carbocycles. The first-order chi connectivity index (χ1) is 12.6. The summed E-state index contributed by atoms with van der Waals surface area (Å²) in [6.45, 7) is 2.19. The van der Waals surface area contributed by atoms with E-state index < -0.39 is 0 Å². The Hall–Kier alpha value is -2.80. The molecule has 1 unspecified atom stereocenters. The molecular weight excluding hydrogens is 330 g/mol. The van der Waals surface area contributed by atoms with Gasteiger partial charge in [-0.1, -0.05) is 0 Å². The number of anilines is 1. The zero-order chi connectivity index (χ0) is 18.1. The van der Waals surface area contributed by atoms with Crippen LogP contribution >= 0.6 is 0 Å². The first kappa shape index (κ1) is 16.7. The molecule has 2 aromatic heterocycles. The fourth-order valence-electron chi connectivity index (χ4n) is 3.86. The van der Waals surface area contributed by atoms with E-state index in [1.807, 2.05) is 24.1 Å². The Balaban J connectivity index is 1.56. The van der Waals surface area contributed by atoms with Crippen LogP contribution < -0.4 is 4.90 Å². The maximum Gasteiger partial charge on any atom is 0.254 e. The van der Waals surface area contributed by atoms with Crippen LogP contribution in [0.4, 0.5) is 5.69 Å². The van der Waals surface area contributed by atoms with E-state index >= 15 is 0 Å². The largest absolute Gasteiger partial charge is 0.337 e. The number of amides is 2. The molecule has 0 saturated carbocycles. The summed E-state index contributed by atoms with van der Waals surface area (Å²) in [7, 11) is 1.97. The Morgan fingerprint density at radius 3 is 2.65 bits per heavy atom. The molecule has 7 heteroatoms. The molecule has 0 bridgehead atoms. The fraction of sp³-hybridized carbons (Fsp3) is 0.368. The van der Waals surface area contributed by atoms with Crippen LogP contribution in [0, 0.1) is 0 Å². The summed E-state index contributed by atoms with van der Waals surface area (Å²) in [6.07, 6.45) is 7.52. The van der Waals surface area contributed by atoms with Crippen molar-refractivity contribution in [1.82, 2.24) is 19.8 Å². The van der Waals surface area contributed by atoms with Crippen LogP contribution in [0.3, 0.4) is 0 Å². The number of hydrogen-bond acceptors (Lipinski definition) is 5. The van der Waals surface area contributed by atoms with Gasteiger partial charge in [-0.2, -0.15) is 0 Å². The molecule has 7 nitrogen and oxygen atoms in total. The maximum absolute atomic E-state index is 12.8. The van der Waals surface area contributed by atoms with Crippen molar-refractivity contribution < 1.29 is 9.59 Å². The van der Waals surface area contributed by atoms with Crippen LogP contribution in [-0.4, -0.2) is 70.3 Å². The third-order valence-electron chi connectivity index (χ3n) is 5.44. The molecule has 134 valence electrons. The van der Waals surface area contributed by atoms with Crippen molar-refractivity contribution in [2.24, 2.45) is 0 Å². The van der Waals surface area contributed by atoms with E-state index in [-0.39, 0.29) is 17.4 Å². The van der Waals surface area contributed by atoms with E-state index in [2.05, 4.69) is 14.9 Å². The lowest BCUT2D eigenvalue weighted by atomic mass is 9.92. The summed E-state index contributed by atoms with van der Waals surface area (Å²) in [4.78, 5) is 39.2. The Bertz CT molecular complexity index is 813. The van der Waals surface area contributed by atoms with Gasteiger partial charge >= 0.3 is 0 Å². The highest BCUT2D eigenvalue weighted by molar-refractivity contribution is 5.96. The van der Waals surface area contributed by atoms with Crippen molar-refractivity contribution in [2.75, 3.05) is 38.1 Å². The second kappa shape index (κ2) is 6.49. The summed E-state index contributed by atoms with van der Waals surface area (Å²) in [6, 6.07) is 7.22. The lowest BCUT2D eigenvalue weighted by molar-refractivity contribution is -0.123. The minimum absolute atomic E-state index is 0.0162. The lowest BCUT2D eigenvalue weighted by Crippen LogP contribution is -2.64. The van der Waals surface area contributed by atoms with E-state index in [0.717, 1.165) is 12.1 Å². The SMILES string of the molecule is CN1CC(=O)N(c2cccnc2)CC12CCN(C(=O)c1ccncc1)C2. The number of pyridine rings is 2. The second-order valence-corrected chi connectivity index (χ2v) is 6.98. The topological polar surface area (TPSA) is 69.6 Å². The number of hydrogen-bond donors (Lipinski definition) is 0. The van der Waals surface area contributed by atoms with Crippen molar-refractivity contribution in [3.05, 3.63) is 54.6 Å². The average molecular weight is 351 g/mol. The van der Waals surface area contributed by atoms with Gasteiger partial charge in [-0.3, -0.25) is 24.5 Å². The van der Waals surface area contributed by atoms with Gasteiger partial charge in [0.05, 0.1) is 24.0 Å². The van der Waals surface area contributed by atoms with Crippen LogP contribution in [-0.2, 0) is 4.79 Å². The number of carbonyl (C=O) groups excluding carboxylic acids is 2. The lowest BCUT2D eigenvalue weighted by Gasteiger charge is -2.46. The van der Waals surface area contributed by atoms with E-state index in [1.165, 1.54) is 0 Å². The zero-order valence-corrected chi connectivity index (χ0v) is 14.7. The van der Waals surface area contributed by atoms with Crippen molar-refractivity contribution >= 4 is 17.5 Å². The highest BCUT2D eigenvalue weighted by atomic mass is 16.2. The molecule has 4 rings (SSSR count). The van der Waals surface area contributed by atoms with E-state index in [4.69, 9.17) is 0 Å². The summed E-state index contributed by atoms with van der Waals surface area (Å²) in [5.74, 6) is 0.0764. The molecule has 0 radical (unpaired) electrons. The van der Waals surface area contributed by atoms with Crippen molar-refractivity contribution in [2.45, 2.75) is 12.0 Å². The number of rotatable bonds is 2. The summed E-state index contributed by atoms with van der Waals surface area (Å²) in [5, 5.41) is 0. The molecule has 2 amide bonds. The van der Waals surface area contributed by atoms with E-state index in [9.17, 15) is 9.59 Å². The molecule has 0 aliphatic carbocycles. The van der Waals surface area contributed by atoms with Crippen molar-refractivity contribution in [3.63, 3.8) is 0 Å². The number of aromatic nitrogens is 2. The Labute approximate surface area is 152 Å². The fourth-order valence-corrected chi connectivity index (χ4v) is 3.86. The Morgan fingerprint density at radius 1 is 1.12 bits per heavy atom. The molecule has 2 aliphatic heterocycles. The number of likely N-dealkylation sites (tertiary alicyclic amines) is 1.